The van der Waals surface area contributed by atoms with Gasteiger partial charge < -0.3 is 9.15 Å². The molecule has 132 valence electrons. The Morgan fingerprint density at radius 1 is 1.27 bits per heavy atom. The van der Waals surface area contributed by atoms with Crippen molar-refractivity contribution in [2.24, 2.45) is 0 Å². The number of aromatic nitrogens is 3. The number of ether oxygens (including phenoxy) is 1. The summed E-state index contributed by atoms with van der Waals surface area (Å²) in [4.78, 5) is 17.6. The van der Waals surface area contributed by atoms with Crippen LogP contribution in [-0.4, -0.2) is 21.2 Å². The summed E-state index contributed by atoms with van der Waals surface area (Å²) in [6.45, 7) is 2.78. The molecular formula is C19H17N3O3S. The molecule has 0 atom stereocenters. The van der Waals surface area contributed by atoms with E-state index in [2.05, 4.69) is 17.0 Å². The quantitative estimate of drug-likeness (QED) is 0.490. The average molecular weight is 367 g/mol. The van der Waals surface area contributed by atoms with Crippen LogP contribution in [0.1, 0.15) is 25.3 Å². The highest BCUT2D eigenvalue weighted by molar-refractivity contribution is 7.15. The van der Waals surface area contributed by atoms with E-state index in [0.717, 1.165) is 24.2 Å². The summed E-state index contributed by atoms with van der Waals surface area (Å²) in [7, 11) is 0. The summed E-state index contributed by atoms with van der Waals surface area (Å²) in [5, 5.41) is 4.26. The van der Waals surface area contributed by atoms with E-state index >= 15 is 0 Å². The van der Waals surface area contributed by atoms with E-state index in [4.69, 9.17) is 9.15 Å². The standard InChI is InChI=1S/C19H17N3O3S/c1-2-3-10-24-14-8-5-4-7-13(14)12-16-18(23)22-19(26-16)20-17(21-22)15-9-6-11-25-15/h4-9,11-12H,2-3,10H2,1H3/b16-12+. The number of thiazole rings is 1. The van der Waals surface area contributed by atoms with Crippen LogP contribution in [0.15, 0.2) is 51.9 Å². The van der Waals surface area contributed by atoms with Crippen molar-refractivity contribution >= 4 is 22.4 Å². The van der Waals surface area contributed by atoms with Gasteiger partial charge in [-0.3, -0.25) is 4.79 Å². The Kier molecular flexibility index (Phi) is 4.53. The van der Waals surface area contributed by atoms with Crippen molar-refractivity contribution in [2.75, 3.05) is 6.61 Å². The van der Waals surface area contributed by atoms with Crippen LogP contribution in [0.3, 0.4) is 0 Å². The molecule has 0 saturated carbocycles. The second kappa shape index (κ2) is 7.13. The molecule has 0 fully saturated rings. The van der Waals surface area contributed by atoms with Crippen molar-refractivity contribution in [3.63, 3.8) is 0 Å². The molecule has 0 N–H and O–H groups in total. The number of hydrogen-bond donors (Lipinski definition) is 0. The number of para-hydroxylation sites is 1. The van der Waals surface area contributed by atoms with E-state index in [1.807, 2.05) is 30.3 Å². The lowest BCUT2D eigenvalue weighted by Gasteiger charge is -2.07. The van der Waals surface area contributed by atoms with Gasteiger partial charge in [-0.15, -0.1) is 5.10 Å². The number of nitrogens with zero attached hydrogens (tertiary/aromatic N) is 3. The van der Waals surface area contributed by atoms with Crippen LogP contribution in [-0.2, 0) is 0 Å². The van der Waals surface area contributed by atoms with Crippen molar-refractivity contribution in [1.82, 2.24) is 14.6 Å². The Morgan fingerprint density at radius 3 is 2.92 bits per heavy atom. The van der Waals surface area contributed by atoms with Crippen LogP contribution in [0.4, 0.5) is 0 Å². The molecule has 0 amide bonds. The van der Waals surface area contributed by atoms with E-state index in [9.17, 15) is 4.79 Å². The molecule has 4 rings (SSSR count). The van der Waals surface area contributed by atoms with E-state index in [1.165, 1.54) is 15.9 Å². The van der Waals surface area contributed by atoms with Crippen LogP contribution in [0.2, 0.25) is 0 Å². The third-order valence-corrected chi connectivity index (χ3v) is 4.84. The molecule has 0 aliphatic heterocycles. The first-order valence-corrected chi connectivity index (χ1v) is 9.25. The molecular weight excluding hydrogens is 350 g/mol. The fraction of sp³-hybridized carbons (Fsp3) is 0.211. The molecule has 0 aliphatic carbocycles. The van der Waals surface area contributed by atoms with Crippen molar-refractivity contribution in [2.45, 2.75) is 19.8 Å². The monoisotopic (exact) mass is 367 g/mol. The average Bonchev–Trinajstić information content (AvgIpc) is 3.36. The predicted octanol–water partition coefficient (Wildman–Crippen LogP) is 3.14. The van der Waals surface area contributed by atoms with Gasteiger partial charge in [-0.05, 0) is 30.7 Å². The highest BCUT2D eigenvalue weighted by Crippen LogP contribution is 2.20. The molecule has 1 aromatic carbocycles. The normalized spacial score (nSPS) is 12.1. The Morgan fingerprint density at radius 2 is 2.15 bits per heavy atom. The zero-order chi connectivity index (χ0) is 17.9. The van der Waals surface area contributed by atoms with Gasteiger partial charge in [0.1, 0.15) is 5.75 Å². The largest absolute Gasteiger partial charge is 0.493 e. The van der Waals surface area contributed by atoms with Gasteiger partial charge in [0.05, 0.1) is 17.4 Å². The Labute approximate surface area is 153 Å². The third-order valence-electron chi connectivity index (χ3n) is 3.88. The second-order valence-corrected chi connectivity index (χ2v) is 6.77. The molecule has 0 spiro atoms. The van der Waals surface area contributed by atoms with Gasteiger partial charge in [-0.25, -0.2) is 0 Å². The summed E-state index contributed by atoms with van der Waals surface area (Å²) in [6.07, 6.45) is 5.45. The minimum absolute atomic E-state index is 0.196. The van der Waals surface area contributed by atoms with Crippen LogP contribution in [0.25, 0.3) is 22.6 Å². The summed E-state index contributed by atoms with van der Waals surface area (Å²) in [5.74, 6) is 1.73. The summed E-state index contributed by atoms with van der Waals surface area (Å²) in [5.41, 5.74) is 0.676. The van der Waals surface area contributed by atoms with E-state index in [0.29, 0.717) is 27.7 Å². The van der Waals surface area contributed by atoms with Crippen LogP contribution in [0, 0.1) is 0 Å². The number of furan rings is 1. The van der Waals surface area contributed by atoms with Gasteiger partial charge in [-0.2, -0.15) is 9.50 Å². The fourth-order valence-corrected chi connectivity index (χ4v) is 3.44. The zero-order valence-electron chi connectivity index (χ0n) is 14.2. The van der Waals surface area contributed by atoms with Crippen LogP contribution < -0.4 is 14.8 Å². The molecule has 4 aromatic rings. The van der Waals surface area contributed by atoms with Gasteiger partial charge in [-0.1, -0.05) is 42.9 Å². The number of hydrogen-bond acceptors (Lipinski definition) is 6. The molecule has 3 heterocycles. The molecule has 6 nitrogen and oxygen atoms in total. The van der Waals surface area contributed by atoms with Gasteiger partial charge in [0, 0.05) is 5.56 Å². The number of rotatable bonds is 6. The van der Waals surface area contributed by atoms with Crippen molar-refractivity contribution in [3.05, 3.63) is 63.1 Å². The topological polar surface area (TPSA) is 69.6 Å². The lowest BCUT2D eigenvalue weighted by molar-refractivity contribution is 0.309. The van der Waals surface area contributed by atoms with Crippen molar-refractivity contribution in [1.29, 1.82) is 0 Å². The molecule has 3 aromatic heterocycles. The number of unbranched alkanes of at least 4 members (excludes halogenated alkanes) is 1. The molecule has 0 saturated heterocycles. The zero-order valence-corrected chi connectivity index (χ0v) is 15.0. The Hall–Kier alpha value is -2.93. The third kappa shape index (κ3) is 3.13. The summed E-state index contributed by atoms with van der Waals surface area (Å²) >= 11 is 1.30. The predicted molar refractivity (Wildman–Crippen MR) is 100 cm³/mol. The minimum Gasteiger partial charge on any atom is -0.493 e. The Balaban J connectivity index is 1.72. The molecule has 0 aliphatic rings. The first-order valence-electron chi connectivity index (χ1n) is 8.43. The van der Waals surface area contributed by atoms with Crippen LogP contribution >= 0.6 is 11.3 Å². The maximum absolute atomic E-state index is 12.7. The van der Waals surface area contributed by atoms with Gasteiger partial charge in [0.2, 0.25) is 10.8 Å². The lowest BCUT2D eigenvalue weighted by atomic mass is 10.2. The highest BCUT2D eigenvalue weighted by atomic mass is 32.1. The maximum atomic E-state index is 12.7. The first-order chi connectivity index (χ1) is 12.8. The Bertz CT molecular complexity index is 1130. The second-order valence-electron chi connectivity index (χ2n) is 5.76. The first kappa shape index (κ1) is 16.5. The minimum atomic E-state index is -0.196. The van der Waals surface area contributed by atoms with Crippen LogP contribution in [0.5, 0.6) is 5.75 Å². The van der Waals surface area contributed by atoms with Gasteiger partial charge in [0.15, 0.2) is 5.76 Å². The van der Waals surface area contributed by atoms with Gasteiger partial charge >= 0.3 is 0 Å². The SMILES string of the molecule is CCCCOc1ccccc1/C=c1/sc2nc(-c3ccco3)nn2c1=O. The fourth-order valence-electron chi connectivity index (χ4n) is 2.54. The number of fused-ring (bicyclic) bond motifs is 1. The summed E-state index contributed by atoms with van der Waals surface area (Å²) in [6, 6.07) is 11.2. The molecule has 7 heteroatoms. The van der Waals surface area contributed by atoms with Crippen molar-refractivity contribution in [3.8, 4) is 17.3 Å². The lowest BCUT2D eigenvalue weighted by Crippen LogP contribution is -2.23. The smallest absolute Gasteiger partial charge is 0.291 e. The molecule has 26 heavy (non-hydrogen) atoms. The number of benzene rings is 1. The van der Waals surface area contributed by atoms with E-state index < -0.39 is 0 Å². The van der Waals surface area contributed by atoms with E-state index in [-0.39, 0.29) is 5.56 Å². The highest BCUT2D eigenvalue weighted by Gasteiger charge is 2.13. The van der Waals surface area contributed by atoms with E-state index in [1.54, 1.807) is 18.4 Å². The van der Waals surface area contributed by atoms with Crippen molar-refractivity contribution < 1.29 is 9.15 Å². The van der Waals surface area contributed by atoms with Gasteiger partial charge in [0.25, 0.3) is 5.56 Å². The molecule has 0 radical (unpaired) electrons. The molecule has 0 unspecified atom stereocenters. The summed E-state index contributed by atoms with van der Waals surface area (Å²) < 4.78 is 13.0. The maximum Gasteiger partial charge on any atom is 0.291 e. The molecule has 0 bridgehead atoms.